The van der Waals surface area contributed by atoms with Crippen LogP contribution in [0, 0.1) is 6.57 Å². The van der Waals surface area contributed by atoms with Crippen LogP contribution in [0.2, 0.25) is 0 Å². The summed E-state index contributed by atoms with van der Waals surface area (Å²) < 4.78 is 8.69. The second-order valence-electron chi connectivity index (χ2n) is 10.9. The van der Waals surface area contributed by atoms with Crippen molar-refractivity contribution < 1.29 is 4.42 Å². The minimum atomic E-state index is 0.594. The van der Waals surface area contributed by atoms with Gasteiger partial charge in [-0.2, -0.15) is 0 Å². The van der Waals surface area contributed by atoms with Crippen LogP contribution in [-0.2, 0) is 0 Å². The molecule has 5 heteroatoms. The van der Waals surface area contributed by atoms with Crippen LogP contribution in [0.1, 0.15) is 0 Å². The van der Waals surface area contributed by atoms with E-state index in [4.69, 9.17) is 21.0 Å². The van der Waals surface area contributed by atoms with Crippen LogP contribution in [-0.4, -0.2) is 14.5 Å². The van der Waals surface area contributed by atoms with Gasteiger partial charge >= 0.3 is 0 Å². The van der Waals surface area contributed by atoms with Crippen molar-refractivity contribution in [3.63, 3.8) is 0 Å². The Balaban J connectivity index is 1.30. The summed E-state index contributed by atoms with van der Waals surface area (Å²) in [5.74, 6) is 0.594. The first-order valence-electron chi connectivity index (χ1n) is 14.5. The minimum Gasteiger partial charge on any atom is -0.454 e. The molecule has 0 bridgehead atoms. The SMILES string of the molecule is [C-]#[N+]c1ccc(-c2ccc(-c3nc(-n4c5ccccc5c5ccc6c7ccccc7oc6c54)nc4ccccc34)cc2)cc1. The molecular formula is C39H22N4O. The Kier molecular flexibility index (Phi) is 5.19. The van der Waals surface area contributed by atoms with Gasteiger partial charge < -0.3 is 4.42 Å². The van der Waals surface area contributed by atoms with Gasteiger partial charge in [-0.1, -0.05) is 109 Å². The molecule has 0 fully saturated rings. The smallest absolute Gasteiger partial charge is 0.235 e. The fourth-order valence-electron chi connectivity index (χ4n) is 6.37. The molecule has 0 N–H and O–H groups in total. The summed E-state index contributed by atoms with van der Waals surface area (Å²) in [5.41, 5.74) is 9.18. The monoisotopic (exact) mass is 562 g/mol. The molecule has 6 aromatic carbocycles. The summed E-state index contributed by atoms with van der Waals surface area (Å²) in [5, 5.41) is 5.36. The number of hydrogen-bond acceptors (Lipinski definition) is 3. The molecule has 0 unspecified atom stereocenters. The van der Waals surface area contributed by atoms with Gasteiger partial charge in [0.25, 0.3) is 0 Å². The number of rotatable bonds is 3. The van der Waals surface area contributed by atoms with E-state index < -0.39 is 0 Å². The molecular weight excluding hydrogens is 540 g/mol. The van der Waals surface area contributed by atoms with Crippen molar-refractivity contribution in [1.29, 1.82) is 0 Å². The Bertz CT molecular complexity index is 2600. The summed E-state index contributed by atoms with van der Waals surface area (Å²) in [6.45, 7) is 7.24. The van der Waals surface area contributed by atoms with Crippen LogP contribution in [0.25, 0.3) is 87.8 Å². The third-order valence-corrected chi connectivity index (χ3v) is 8.46. The lowest BCUT2D eigenvalue weighted by Crippen LogP contribution is -2.03. The van der Waals surface area contributed by atoms with E-state index in [1.807, 2.05) is 60.7 Å². The van der Waals surface area contributed by atoms with Crippen LogP contribution in [0.3, 0.4) is 0 Å². The molecule has 0 aliphatic heterocycles. The highest BCUT2D eigenvalue weighted by Crippen LogP contribution is 2.40. The van der Waals surface area contributed by atoms with Gasteiger partial charge in [0, 0.05) is 32.5 Å². The Hall–Kier alpha value is -6.25. The first kappa shape index (κ1) is 24.4. The molecule has 9 rings (SSSR count). The van der Waals surface area contributed by atoms with Crippen molar-refractivity contribution >= 4 is 60.3 Å². The van der Waals surface area contributed by atoms with E-state index in [0.717, 1.165) is 77.0 Å². The molecule has 0 spiro atoms. The van der Waals surface area contributed by atoms with Crippen molar-refractivity contribution in [2.24, 2.45) is 0 Å². The maximum Gasteiger partial charge on any atom is 0.235 e. The minimum absolute atomic E-state index is 0.594. The van der Waals surface area contributed by atoms with Crippen LogP contribution in [0.5, 0.6) is 0 Å². The first-order chi connectivity index (χ1) is 21.8. The van der Waals surface area contributed by atoms with E-state index >= 15 is 0 Å². The van der Waals surface area contributed by atoms with Crippen molar-refractivity contribution in [1.82, 2.24) is 14.5 Å². The molecule has 204 valence electrons. The summed E-state index contributed by atoms with van der Waals surface area (Å²) in [7, 11) is 0. The van der Waals surface area contributed by atoms with Gasteiger partial charge in [0.2, 0.25) is 5.95 Å². The molecule has 0 radical (unpaired) electrons. The van der Waals surface area contributed by atoms with E-state index in [9.17, 15) is 0 Å². The van der Waals surface area contributed by atoms with E-state index in [2.05, 4.69) is 82.2 Å². The average molecular weight is 563 g/mol. The number of nitrogens with zero attached hydrogens (tertiary/aromatic N) is 4. The van der Waals surface area contributed by atoms with Crippen LogP contribution < -0.4 is 0 Å². The Morgan fingerprint density at radius 2 is 1.18 bits per heavy atom. The molecule has 0 saturated heterocycles. The topological polar surface area (TPSA) is 48.2 Å². The molecule has 5 nitrogen and oxygen atoms in total. The molecule has 0 atom stereocenters. The third-order valence-electron chi connectivity index (χ3n) is 8.46. The molecule has 0 saturated carbocycles. The molecule has 0 aliphatic carbocycles. The third kappa shape index (κ3) is 3.58. The number of benzene rings is 6. The zero-order chi connectivity index (χ0) is 29.2. The molecule has 3 aromatic heterocycles. The second kappa shape index (κ2) is 9.38. The van der Waals surface area contributed by atoms with Gasteiger partial charge in [0.05, 0.1) is 23.3 Å². The first-order valence-corrected chi connectivity index (χ1v) is 14.5. The predicted molar refractivity (Wildman–Crippen MR) is 178 cm³/mol. The lowest BCUT2D eigenvalue weighted by Gasteiger charge is -2.12. The maximum atomic E-state index is 7.24. The fraction of sp³-hybridized carbons (Fsp3) is 0. The van der Waals surface area contributed by atoms with Gasteiger partial charge in [-0.25, -0.2) is 14.8 Å². The predicted octanol–water partition coefficient (Wildman–Crippen LogP) is 10.5. The van der Waals surface area contributed by atoms with Crippen molar-refractivity contribution in [3.8, 4) is 28.3 Å². The highest BCUT2D eigenvalue weighted by Gasteiger charge is 2.21. The standard InChI is InChI=1S/C39H22N4O/c1-40-27-20-18-25(19-21-27)24-14-16-26(17-15-24)36-32-10-2-5-11-33(32)41-39(42-36)43-34-12-6-3-8-28(34)30-22-23-31-29-9-4-7-13-35(29)44-38(31)37(30)43/h2-23H. The van der Waals surface area contributed by atoms with Crippen LogP contribution >= 0.6 is 0 Å². The number of hydrogen-bond donors (Lipinski definition) is 0. The number of aromatic nitrogens is 3. The number of para-hydroxylation sites is 3. The normalized spacial score (nSPS) is 11.6. The van der Waals surface area contributed by atoms with Gasteiger partial charge in [0.15, 0.2) is 11.3 Å². The second-order valence-corrected chi connectivity index (χ2v) is 10.9. The quantitative estimate of drug-likeness (QED) is 0.201. The van der Waals surface area contributed by atoms with Gasteiger partial charge in [-0.3, -0.25) is 4.57 Å². The van der Waals surface area contributed by atoms with Gasteiger partial charge in [0.1, 0.15) is 11.1 Å². The van der Waals surface area contributed by atoms with E-state index in [1.165, 1.54) is 0 Å². The van der Waals surface area contributed by atoms with Crippen LogP contribution in [0.15, 0.2) is 138 Å². The average Bonchev–Trinajstić information content (AvgIpc) is 3.64. The maximum absolute atomic E-state index is 7.24. The van der Waals surface area contributed by atoms with E-state index in [-0.39, 0.29) is 0 Å². The zero-order valence-corrected chi connectivity index (χ0v) is 23.4. The summed E-state index contributed by atoms with van der Waals surface area (Å²) >= 11 is 0. The Labute approximate surface area is 252 Å². The van der Waals surface area contributed by atoms with Crippen molar-refractivity contribution in [3.05, 3.63) is 145 Å². The summed E-state index contributed by atoms with van der Waals surface area (Å²) in [4.78, 5) is 13.9. The number of furan rings is 1. The molecule has 44 heavy (non-hydrogen) atoms. The summed E-state index contributed by atoms with van der Waals surface area (Å²) in [6, 6.07) is 45.2. The zero-order valence-electron chi connectivity index (χ0n) is 23.4. The molecule has 0 aliphatic rings. The van der Waals surface area contributed by atoms with Crippen LogP contribution in [0.4, 0.5) is 5.69 Å². The Morgan fingerprint density at radius 1 is 0.545 bits per heavy atom. The highest BCUT2D eigenvalue weighted by molar-refractivity contribution is 6.21. The molecule has 0 amide bonds. The van der Waals surface area contributed by atoms with E-state index in [1.54, 1.807) is 0 Å². The molecule has 3 heterocycles. The largest absolute Gasteiger partial charge is 0.454 e. The number of fused-ring (bicyclic) bond motifs is 8. The van der Waals surface area contributed by atoms with Crippen molar-refractivity contribution in [2.45, 2.75) is 0 Å². The Morgan fingerprint density at radius 3 is 1.98 bits per heavy atom. The lowest BCUT2D eigenvalue weighted by atomic mass is 10.0. The highest BCUT2D eigenvalue weighted by atomic mass is 16.3. The fourth-order valence-corrected chi connectivity index (χ4v) is 6.37. The lowest BCUT2D eigenvalue weighted by molar-refractivity contribution is 0.671. The van der Waals surface area contributed by atoms with Gasteiger partial charge in [-0.05, 0) is 35.4 Å². The summed E-state index contributed by atoms with van der Waals surface area (Å²) in [6.07, 6.45) is 0. The van der Waals surface area contributed by atoms with Gasteiger partial charge in [-0.15, -0.1) is 0 Å². The van der Waals surface area contributed by atoms with Crippen molar-refractivity contribution in [2.75, 3.05) is 0 Å². The molecule has 9 aromatic rings. The van der Waals surface area contributed by atoms with E-state index in [0.29, 0.717) is 11.6 Å².